The molecule has 2 bridgehead atoms. The molecule has 152 valence electrons. The van der Waals surface area contributed by atoms with Crippen LogP contribution in [0.1, 0.15) is 53.4 Å². The van der Waals surface area contributed by atoms with Gasteiger partial charge in [0.1, 0.15) is 6.10 Å². The lowest BCUT2D eigenvalue weighted by Gasteiger charge is -2.62. The number of ketones is 1. The van der Waals surface area contributed by atoms with E-state index in [-0.39, 0.29) is 23.9 Å². The van der Waals surface area contributed by atoms with Gasteiger partial charge in [-0.25, -0.2) is 0 Å². The van der Waals surface area contributed by atoms with E-state index in [2.05, 4.69) is 20.8 Å². The normalized spacial score (nSPS) is 48.9. The van der Waals surface area contributed by atoms with Crippen molar-refractivity contribution in [3.05, 3.63) is 11.1 Å². The van der Waals surface area contributed by atoms with Gasteiger partial charge >= 0.3 is 0 Å². The van der Waals surface area contributed by atoms with Gasteiger partial charge in [0.2, 0.25) is 0 Å². The van der Waals surface area contributed by atoms with Gasteiger partial charge in [-0.2, -0.15) is 0 Å². The SMILES string of the molecule is CO[C@H]1C(=O)[C@]2(C)[C@@H](OC)C[C@H]3OC[C@H]3[C@H]2C[C@]2(O)CCC(C)=C1C2(C)C. The van der Waals surface area contributed by atoms with Gasteiger partial charge in [-0.3, -0.25) is 4.79 Å². The molecule has 1 N–H and O–H groups in total. The van der Waals surface area contributed by atoms with Gasteiger partial charge in [0.05, 0.1) is 29.8 Å². The van der Waals surface area contributed by atoms with E-state index >= 15 is 0 Å². The van der Waals surface area contributed by atoms with Crippen molar-refractivity contribution < 1.29 is 24.1 Å². The number of ether oxygens (including phenoxy) is 3. The molecule has 0 unspecified atom stereocenters. The minimum atomic E-state index is -0.860. The summed E-state index contributed by atoms with van der Waals surface area (Å²) >= 11 is 0. The number of fused-ring (bicyclic) bond motifs is 5. The molecule has 0 aromatic heterocycles. The smallest absolute Gasteiger partial charge is 0.174 e. The van der Waals surface area contributed by atoms with E-state index in [4.69, 9.17) is 14.2 Å². The van der Waals surface area contributed by atoms with Crippen molar-refractivity contribution in [3.8, 4) is 0 Å². The first-order chi connectivity index (χ1) is 12.6. The van der Waals surface area contributed by atoms with Crippen LogP contribution in [0, 0.1) is 22.7 Å². The van der Waals surface area contributed by atoms with Gasteiger partial charge in [0, 0.05) is 32.0 Å². The van der Waals surface area contributed by atoms with Crippen LogP contribution in [0.3, 0.4) is 0 Å². The fourth-order valence-electron chi connectivity index (χ4n) is 6.68. The number of Topliss-reactive ketones (excluding diaryl/α,β-unsaturated/α-hetero) is 1. The third-order valence-electron chi connectivity index (χ3n) is 8.70. The second kappa shape index (κ2) is 6.12. The summed E-state index contributed by atoms with van der Waals surface area (Å²) in [7, 11) is 3.30. The fourth-order valence-corrected chi connectivity index (χ4v) is 6.68. The second-order valence-electron chi connectivity index (χ2n) is 9.92. The number of carbonyl (C=O) groups is 1. The highest BCUT2D eigenvalue weighted by Gasteiger charge is 2.66. The zero-order chi connectivity index (χ0) is 19.8. The van der Waals surface area contributed by atoms with E-state index in [0.29, 0.717) is 18.9 Å². The molecule has 2 saturated carbocycles. The standard InChI is InChI=1S/C22H34O5/c1-12-7-8-22(24)10-14-13-11-27-15(13)9-16(25-5)21(14,4)19(23)18(26-6)17(12)20(22,2)3/h13-16,18,24H,7-11H2,1-6H3/t13-,14+,15+,16-,18+,21-,22+/m0/s1. The van der Waals surface area contributed by atoms with Crippen molar-refractivity contribution in [2.24, 2.45) is 22.7 Å². The average Bonchev–Trinajstić information content (AvgIpc) is 2.59. The maximum absolute atomic E-state index is 14.0. The molecule has 0 spiro atoms. The predicted molar refractivity (Wildman–Crippen MR) is 101 cm³/mol. The topological polar surface area (TPSA) is 65.0 Å². The van der Waals surface area contributed by atoms with E-state index in [9.17, 15) is 9.90 Å². The number of aliphatic hydroxyl groups is 1. The Morgan fingerprint density at radius 2 is 1.89 bits per heavy atom. The van der Waals surface area contributed by atoms with E-state index in [1.54, 1.807) is 14.2 Å². The lowest BCUT2D eigenvalue weighted by Crippen LogP contribution is -2.68. The summed E-state index contributed by atoms with van der Waals surface area (Å²) < 4.78 is 17.5. The zero-order valence-corrected chi connectivity index (χ0v) is 17.5. The molecule has 3 aliphatic carbocycles. The number of methoxy groups -OCH3 is 2. The molecule has 5 nitrogen and oxygen atoms in total. The zero-order valence-electron chi connectivity index (χ0n) is 17.5. The van der Waals surface area contributed by atoms with Crippen molar-refractivity contribution in [2.45, 2.75) is 77.3 Å². The largest absolute Gasteiger partial charge is 0.389 e. The van der Waals surface area contributed by atoms with Crippen LogP contribution in [0.5, 0.6) is 0 Å². The Labute approximate surface area is 162 Å². The molecule has 4 rings (SSSR count). The van der Waals surface area contributed by atoms with E-state index in [1.165, 1.54) is 5.57 Å². The summed E-state index contributed by atoms with van der Waals surface area (Å²) in [5.74, 6) is 0.444. The van der Waals surface area contributed by atoms with Crippen LogP contribution in [0.2, 0.25) is 0 Å². The lowest BCUT2D eigenvalue weighted by molar-refractivity contribution is -0.245. The molecule has 1 aliphatic heterocycles. The van der Waals surface area contributed by atoms with Crippen LogP contribution in [0.15, 0.2) is 11.1 Å². The van der Waals surface area contributed by atoms with Gasteiger partial charge < -0.3 is 19.3 Å². The number of carbonyl (C=O) groups excluding carboxylic acids is 1. The van der Waals surface area contributed by atoms with Crippen LogP contribution in [0.25, 0.3) is 0 Å². The molecule has 1 saturated heterocycles. The molecule has 4 aliphatic rings. The molecule has 7 atom stereocenters. The van der Waals surface area contributed by atoms with Crippen LogP contribution in [0.4, 0.5) is 0 Å². The van der Waals surface area contributed by atoms with Gasteiger partial charge in [-0.1, -0.05) is 19.4 Å². The number of allylic oxidation sites excluding steroid dienone is 1. The first-order valence-electron chi connectivity index (χ1n) is 10.3. The van der Waals surface area contributed by atoms with Crippen molar-refractivity contribution in [1.82, 2.24) is 0 Å². The van der Waals surface area contributed by atoms with Gasteiger partial charge in [-0.05, 0) is 44.6 Å². The number of rotatable bonds is 2. The minimum absolute atomic E-state index is 0.0318. The van der Waals surface area contributed by atoms with Gasteiger partial charge in [0.15, 0.2) is 5.78 Å². The molecule has 27 heavy (non-hydrogen) atoms. The van der Waals surface area contributed by atoms with Crippen molar-refractivity contribution in [3.63, 3.8) is 0 Å². The van der Waals surface area contributed by atoms with Crippen LogP contribution >= 0.6 is 0 Å². The van der Waals surface area contributed by atoms with Crippen molar-refractivity contribution >= 4 is 5.78 Å². The van der Waals surface area contributed by atoms with Crippen LogP contribution < -0.4 is 0 Å². The molecule has 5 heteroatoms. The Balaban J connectivity index is 1.92. The highest BCUT2D eigenvalue weighted by molar-refractivity contribution is 5.93. The van der Waals surface area contributed by atoms with E-state index in [1.807, 2.05) is 6.92 Å². The Hall–Kier alpha value is -0.750. The molecule has 3 fully saturated rings. The maximum atomic E-state index is 14.0. The Morgan fingerprint density at radius 1 is 1.19 bits per heavy atom. The summed E-state index contributed by atoms with van der Waals surface area (Å²) in [6.07, 6.45) is 2.16. The molecule has 1 heterocycles. The molecule has 0 radical (unpaired) electrons. The fraction of sp³-hybridized carbons (Fsp3) is 0.864. The summed E-state index contributed by atoms with van der Waals surface area (Å²) in [6.45, 7) is 8.96. The highest BCUT2D eigenvalue weighted by Crippen LogP contribution is 2.61. The van der Waals surface area contributed by atoms with E-state index < -0.39 is 22.5 Å². The van der Waals surface area contributed by atoms with E-state index in [0.717, 1.165) is 24.8 Å². The lowest BCUT2D eigenvalue weighted by atomic mass is 9.47. The maximum Gasteiger partial charge on any atom is 0.174 e. The monoisotopic (exact) mass is 378 g/mol. The van der Waals surface area contributed by atoms with Gasteiger partial charge in [0.25, 0.3) is 0 Å². The highest BCUT2D eigenvalue weighted by atomic mass is 16.5. The molecular formula is C22H34O5. The molecule has 0 aromatic carbocycles. The quantitative estimate of drug-likeness (QED) is 0.749. The third kappa shape index (κ3) is 2.35. The first-order valence-corrected chi connectivity index (χ1v) is 10.3. The Kier molecular flexibility index (Phi) is 4.44. The van der Waals surface area contributed by atoms with Crippen LogP contribution in [-0.2, 0) is 19.0 Å². The third-order valence-corrected chi connectivity index (χ3v) is 8.70. The minimum Gasteiger partial charge on any atom is -0.389 e. The summed E-state index contributed by atoms with van der Waals surface area (Å²) in [5.41, 5.74) is 0.105. The van der Waals surface area contributed by atoms with Crippen molar-refractivity contribution in [1.29, 1.82) is 0 Å². The number of hydrogen-bond donors (Lipinski definition) is 1. The average molecular weight is 379 g/mol. The van der Waals surface area contributed by atoms with Crippen LogP contribution in [-0.4, -0.2) is 55.6 Å². The Morgan fingerprint density at radius 3 is 2.44 bits per heavy atom. The Bertz CT molecular complexity index is 682. The predicted octanol–water partition coefficient (Wildman–Crippen LogP) is 2.90. The molecular weight excluding hydrogens is 344 g/mol. The summed E-state index contributed by atoms with van der Waals surface area (Å²) in [6, 6.07) is 0. The van der Waals surface area contributed by atoms with Crippen molar-refractivity contribution in [2.75, 3.05) is 20.8 Å². The summed E-state index contributed by atoms with van der Waals surface area (Å²) in [5, 5.41) is 11.9. The molecule has 0 aromatic rings. The number of hydrogen-bond acceptors (Lipinski definition) is 5. The van der Waals surface area contributed by atoms with Gasteiger partial charge in [-0.15, -0.1) is 0 Å². The first kappa shape index (κ1) is 19.6. The summed E-state index contributed by atoms with van der Waals surface area (Å²) in [4.78, 5) is 14.0. The second-order valence-corrected chi connectivity index (χ2v) is 9.92. The molecule has 0 amide bonds.